The summed E-state index contributed by atoms with van der Waals surface area (Å²) in [4.78, 5) is 9.46. The van der Waals surface area contributed by atoms with Gasteiger partial charge in [-0.2, -0.15) is 0 Å². The summed E-state index contributed by atoms with van der Waals surface area (Å²) in [6.07, 6.45) is 0. The van der Waals surface area contributed by atoms with Crippen molar-refractivity contribution in [2.24, 2.45) is 0 Å². The molecule has 11 rings (SSSR count). The number of rotatable bonds is 0. The number of piperazine rings is 2. The predicted octanol–water partition coefficient (Wildman–Crippen LogP) is 2.16. The highest BCUT2D eigenvalue weighted by atomic mass is 16.5. The van der Waals surface area contributed by atoms with Crippen molar-refractivity contribution < 1.29 is 18.9 Å². The van der Waals surface area contributed by atoms with Crippen LogP contribution in [0.15, 0.2) is 48.5 Å². The maximum absolute atomic E-state index is 5.78. The fraction of sp³-hybridized carbons (Fsp3) is 0.444. The van der Waals surface area contributed by atoms with E-state index in [1.807, 2.05) is 48.5 Å². The molecular formula is C36H40N4O4. The first-order valence-electron chi connectivity index (χ1n) is 15.2. The molecule has 0 N–H and O–H groups in total. The van der Waals surface area contributed by atoms with Gasteiger partial charge < -0.3 is 18.9 Å². The molecule has 0 radical (unpaired) electrons. The minimum Gasteiger partial charge on any atom is -0.481 e. The molecule has 0 aromatic heterocycles. The van der Waals surface area contributed by atoms with Crippen LogP contribution >= 0.6 is 0 Å². The Morgan fingerprint density at radius 2 is 0.523 bits per heavy atom. The van der Waals surface area contributed by atoms with Crippen LogP contribution in [0.1, 0.15) is 0 Å². The summed E-state index contributed by atoms with van der Waals surface area (Å²) in [5, 5.41) is 0. The van der Waals surface area contributed by atoms with Crippen molar-refractivity contribution in [1.82, 2.24) is 19.6 Å². The molecule has 0 saturated carbocycles. The molecule has 2 fully saturated rings. The van der Waals surface area contributed by atoms with Crippen molar-refractivity contribution in [3.8, 4) is 70.4 Å². The molecule has 8 nitrogen and oxygen atoms in total. The summed E-state index contributed by atoms with van der Waals surface area (Å²) in [5.74, 6) is 28.6. The summed E-state index contributed by atoms with van der Waals surface area (Å²) in [7, 11) is 0. The van der Waals surface area contributed by atoms with Crippen LogP contribution in [0.4, 0.5) is 0 Å². The Bertz CT molecular complexity index is 1190. The third-order valence-electron chi connectivity index (χ3n) is 7.53. The highest BCUT2D eigenvalue weighted by molar-refractivity contribution is 5.32. The maximum Gasteiger partial charge on any atom is 0.149 e. The zero-order valence-electron chi connectivity index (χ0n) is 25.4. The average molecular weight is 593 g/mol. The van der Waals surface area contributed by atoms with E-state index in [9.17, 15) is 0 Å². The van der Waals surface area contributed by atoms with Crippen molar-refractivity contribution >= 4 is 0 Å². The lowest BCUT2D eigenvalue weighted by atomic mass is 10.3. The number of hydrogen-bond acceptors (Lipinski definition) is 8. The zero-order valence-corrected chi connectivity index (χ0v) is 25.4. The number of hydrogen-bond donors (Lipinski definition) is 0. The lowest BCUT2D eigenvalue weighted by Crippen LogP contribution is -2.46. The highest BCUT2D eigenvalue weighted by Gasteiger charge is 2.15. The summed E-state index contributed by atoms with van der Waals surface area (Å²) < 4.78 is 23.1. The first-order valence-corrected chi connectivity index (χ1v) is 15.2. The Balaban J connectivity index is 1.11. The van der Waals surface area contributed by atoms with Gasteiger partial charge in [-0.25, -0.2) is 0 Å². The Labute approximate surface area is 262 Å². The molecule has 0 spiro atoms. The lowest BCUT2D eigenvalue weighted by molar-refractivity contribution is 0.157. The van der Waals surface area contributed by atoms with Crippen molar-refractivity contribution in [2.75, 3.05) is 105 Å². The van der Waals surface area contributed by atoms with Crippen LogP contribution in [0.25, 0.3) is 0 Å². The van der Waals surface area contributed by atoms with Gasteiger partial charge in [0.1, 0.15) is 49.4 Å². The van der Waals surface area contributed by atoms with Crippen molar-refractivity contribution in [3.63, 3.8) is 0 Å². The van der Waals surface area contributed by atoms with E-state index in [1.54, 1.807) is 0 Å². The lowest BCUT2D eigenvalue weighted by Gasteiger charge is -2.32. The van der Waals surface area contributed by atoms with Crippen LogP contribution in [-0.4, -0.2) is 125 Å². The largest absolute Gasteiger partial charge is 0.481 e. The van der Waals surface area contributed by atoms with E-state index in [2.05, 4.69) is 67.0 Å². The fourth-order valence-electron chi connectivity index (χ4n) is 4.83. The summed E-state index contributed by atoms with van der Waals surface area (Å²) >= 11 is 0. The van der Waals surface area contributed by atoms with Gasteiger partial charge in [0, 0.05) is 52.4 Å². The van der Waals surface area contributed by atoms with E-state index in [0.29, 0.717) is 26.4 Å². The predicted molar refractivity (Wildman–Crippen MR) is 172 cm³/mol. The van der Waals surface area contributed by atoms with Gasteiger partial charge >= 0.3 is 0 Å². The van der Waals surface area contributed by atoms with Crippen LogP contribution in [0.2, 0.25) is 0 Å². The third kappa shape index (κ3) is 11.1. The van der Waals surface area contributed by atoms with Gasteiger partial charge in [-0.05, 0) is 48.5 Å². The number of benzene rings is 2. The second-order valence-electron chi connectivity index (χ2n) is 10.6. The second kappa shape index (κ2) is 17.7. The Morgan fingerprint density at radius 3 is 0.727 bits per heavy atom. The van der Waals surface area contributed by atoms with Gasteiger partial charge in [-0.3, -0.25) is 19.6 Å². The summed E-state index contributed by atoms with van der Waals surface area (Å²) in [6, 6.07) is 15.2. The van der Waals surface area contributed by atoms with E-state index < -0.39 is 0 Å². The molecule has 228 valence electrons. The van der Waals surface area contributed by atoms with Crippen LogP contribution in [0.5, 0.6) is 23.0 Å². The molecule has 9 heterocycles. The Hall–Kier alpha value is -4.28. The molecule has 8 bridgehead atoms. The van der Waals surface area contributed by atoms with Gasteiger partial charge in [0.2, 0.25) is 0 Å². The van der Waals surface area contributed by atoms with Crippen molar-refractivity contribution in [1.29, 1.82) is 0 Å². The Morgan fingerprint density at radius 1 is 0.318 bits per heavy atom. The molecule has 44 heavy (non-hydrogen) atoms. The van der Waals surface area contributed by atoms with Gasteiger partial charge in [0.25, 0.3) is 0 Å². The van der Waals surface area contributed by atoms with E-state index >= 15 is 0 Å². The minimum absolute atomic E-state index is 0.364. The number of ether oxygens (including phenoxy) is 4. The molecule has 0 amide bonds. The van der Waals surface area contributed by atoms with Gasteiger partial charge in [-0.15, -0.1) is 0 Å². The van der Waals surface area contributed by atoms with E-state index in [4.69, 9.17) is 18.9 Å². The van der Waals surface area contributed by atoms with Crippen LogP contribution in [-0.2, 0) is 0 Å². The highest BCUT2D eigenvalue weighted by Crippen LogP contribution is 2.18. The van der Waals surface area contributed by atoms with E-state index in [0.717, 1.165) is 102 Å². The molecule has 8 heteroatoms. The SMILES string of the molecule is C1#CCN2CCN(CC#CCOc3ccc(cc3)OCC#CCN3CCN(CC#CCOc4ccc(cc4)OC1)CC3)CC2. The molecule has 0 unspecified atom stereocenters. The smallest absolute Gasteiger partial charge is 0.149 e. The molecule has 2 aromatic rings. The quantitative estimate of drug-likeness (QED) is 0.432. The van der Waals surface area contributed by atoms with Crippen molar-refractivity contribution in [3.05, 3.63) is 48.5 Å². The van der Waals surface area contributed by atoms with Crippen LogP contribution in [0, 0.1) is 47.4 Å². The second-order valence-corrected chi connectivity index (χ2v) is 10.6. The van der Waals surface area contributed by atoms with E-state index in [-0.39, 0.29) is 0 Å². The topological polar surface area (TPSA) is 49.9 Å². The molecule has 9 aliphatic rings. The Kier molecular flexibility index (Phi) is 12.6. The molecule has 2 saturated heterocycles. The van der Waals surface area contributed by atoms with Gasteiger partial charge in [0.05, 0.1) is 26.2 Å². The van der Waals surface area contributed by atoms with Gasteiger partial charge in [-0.1, -0.05) is 47.4 Å². The fourth-order valence-corrected chi connectivity index (χ4v) is 4.83. The first-order chi connectivity index (χ1) is 21.8. The van der Waals surface area contributed by atoms with Crippen molar-refractivity contribution in [2.45, 2.75) is 0 Å². The maximum atomic E-state index is 5.78. The van der Waals surface area contributed by atoms with E-state index in [1.165, 1.54) is 0 Å². The summed E-state index contributed by atoms with van der Waals surface area (Å²) in [5.41, 5.74) is 0. The van der Waals surface area contributed by atoms with Gasteiger partial charge in [0.15, 0.2) is 0 Å². The zero-order chi connectivity index (χ0) is 30.1. The minimum atomic E-state index is 0.364. The third-order valence-corrected chi connectivity index (χ3v) is 7.53. The standard InChI is InChI=1S/C36H40N4O4/c1-5-29-41-33-9-11-34(12-10-33)42-31-7-3-19-39-25-27-40(28-26-39)20-4-8-32-44-36-15-13-35(14-16-36)43-30-6-2-18-38-23-21-37(17-1)22-24-38/h9-16H,17-32H2. The molecule has 9 aliphatic heterocycles. The monoisotopic (exact) mass is 592 g/mol. The van der Waals surface area contributed by atoms with Crippen LogP contribution < -0.4 is 18.9 Å². The molecule has 0 atom stereocenters. The van der Waals surface area contributed by atoms with Crippen LogP contribution in [0.3, 0.4) is 0 Å². The summed E-state index contributed by atoms with van der Waals surface area (Å²) in [6.45, 7) is 12.3. The molecular weight excluding hydrogens is 552 g/mol. The molecule has 2 aromatic carbocycles. The molecule has 0 aliphatic carbocycles. The number of nitrogens with zero attached hydrogens (tertiary/aromatic N) is 4. The normalized spacial score (nSPS) is 24.5. The first kappa shape index (κ1) is 31.2. The average Bonchev–Trinajstić information content (AvgIpc) is 3.06.